The van der Waals surface area contributed by atoms with Crippen LogP contribution in [0.3, 0.4) is 0 Å². The molecule has 0 radical (unpaired) electrons. The van der Waals surface area contributed by atoms with E-state index >= 15 is 0 Å². The standard InChI is InChI=1S/C15H10ClFN2S.C11H11F2N.C3H8.C2H6.CH4/c16-11-1-7-14(8-2-11)20-15-9-18-19(10-15)13-5-3-12(17)4-6-13;1-3-9(11(12)13)7-10-5-4-6-14-8(10)2;1-3-2;1-2;/h1-10H;3-7,11H,1H2,2H3;3H2,1-2H3;1-2H3;1H4/b;9-7+;;;. The quantitative estimate of drug-likeness (QED) is 0.210. The first-order valence-corrected chi connectivity index (χ1v) is 13.7. The lowest BCUT2D eigenvalue weighted by Crippen LogP contribution is -1.94. The molecular formula is C32H39ClF3N3S. The second kappa shape index (κ2) is 20.6. The fourth-order valence-electron chi connectivity index (χ4n) is 2.77. The van der Waals surface area contributed by atoms with Gasteiger partial charge in [0.2, 0.25) is 0 Å². The highest BCUT2D eigenvalue weighted by Crippen LogP contribution is 2.28. The molecule has 0 spiro atoms. The molecule has 4 aromatic rings. The number of rotatable bonds is 6. The summed E-state index contributed by atoms with van der Waals surface area (Å²) in [4.78, 5) is 6.10. The van der Waals surface area contributed by atoms with Crippen LogP contribution in [0.25, 0.3) is 11.8 Å². The van der Waals surface area contributed by atoms with E-state index in [4.69, 9.17) is 11.6 Å². The summed E-state index contributed by atoms with van der Waals surface area (Å²) < 4.78 is 39.3. The lowest BCUT2D eigenvalue weighted by atomic mass is 10.1. The molecule has 3 nitrogen and oxygen atoms in total. The van der Waals surface area contributed by atoms with E-state index in [1.165, 1.54) is 24.6 Å². The van der Waals surface area contributed by atoms with Gasteiger partial charge >= 0.3 is 0 Å². The first-order valence-electron chi connectivity index (χ1n) is 12.5. The zero-order chi connectivity index (χ0) is 29.2. The maximum Gasteiger partial charge on any atom is 0.263 e. The maximum atomic E-state index is 12.9. The SMILES string of the molecule is C.C=C/C(=C\c1cccnc1C)C(F)F.CC.CCC.Fc1ccc(-n2cc(Sc3ccc(Cl)cc3)cn2)cc1. The number of alkyl halides is 2. The topological polar surface area (TPSA) is 30.7 Å². The van der Waals surface area contributed by atoms with Gasteiger partial charge in [-0.25, -0.2) is 17.9 Å². The van der Waals surface area contributed by atoms with Crippen LogP contribution in [-0.2, 0) is 0 Å². The number of allylic oxidation sites excluding steroid dienone is 2. The number of halogens is 4. The van der Waals surface area contributed by atoms with Gasteiger partial charge in [-0.3, -0.25) is 4.98 Å². The fourth-order valence-corrected chi connectivity index (χ4v) is 3.70. The van der Waals surface area contributed by atoms with Crippen LogP contribution < -0.4 is 0 Å². The van der Waals surface area contributed by atoms with Gasteiger partial charge < -0.3 is 0 Å². The highest BCUT2D eigenvalue weighted by atomic mass is 35.5. The van der Waals surface area contributed by atoms with Gasteiger partial charge in [-0.1, -0.05) is 83.6 Å². The Morgan fingerprint density at radius 1 is 1.02 bits per heavy atom. The molecule has 0 aliphatic heterocycles. The largest absolute Gasteiger partial charge is 0.263 e. The Hall–Kier alpha value is -3.29. The molecule has 0 atom stereocenters. The van der Waals surface area contributed by atoms with E-state index < -0.39 is 6.43 Å². The van der Waals surface area contributed by atoms with Crippen LogP contribution in [0.5, 0.6) is 0 Å². The van der Waals surface area contributed by atoms with E-state index in [1.807, 2.05) is 44.3 Å². The van der Waals surface area contributed by atoms with Crippen LogP contribution in [0, 0.1) is 12.7 Å². The average molecular weight is 590 g/mol. The summed E-state index contributed by atoms with van der Waals surface area (Å²) in [6.45, 7) is 13.4. The third kappa shape index (κ3) is 13.2. The number of aromatic nitrogens is 3. The van der Waals surface area contributed by atoms with Gasteiger partial charge in [-0.05, 0) is 73.2 Å². The smallest absolute Gasteiger partial charge is 0.261 e. The van der Waals surface area contributed by atoms with Gasteiger partial charge in [-0.2, -0.15) is 5.10 Å². The Kier molecular flexibility index (Phi) is 18.9. The van der Waals surface area contributed by atoms with Gasteiger partial charge in [-0.15, -0.1) is 0 Å². The summed E-state index contributed by atoms with van der Waals surface area (Å²) in [5.74, 6) is -0.253. The van der Waals surface area contributed by atoms with Gasteiger partial charge in [0.25, 0.3) is 6.43 Å². The summed E-state index contributed by atoms with van der Waals surface area (Å²) in [5, 5.41) is 5.00. The van der Waals surface area contributed by atoms with Crippen molar-refractivity contribution in [1.82, 2.24) is 14.8 Å². The number of hydrogen-bond donors (Lipinski definition) is 0. The normalized spacial score (nSPS) is 10.1. The number of nitrogens with zero attached hydrogens (tertiary/aromatic N) is 3. The van der Waals surface area contributed by atoms with Crippen molar-refractivity contribution < 1.29 is 13.2 Å². The Labute approximate surface area is 246 Å². The molecule has 0 amide bonds. The molecule has 4 rings (SSSR count). The van der Waals surface area contributed by atoms with Crippen LogP contribution in [-0.4, -0.2) is 21.2 Å². The molecule has 216 valence electrons. The van der Waals surface area contributed by atoms with Crippen molar-refractivity contribution in [2.75, 3.05) is 0 Å². The Morgan fingerprint density at radius 2 is 1.62 bits per heavy atom. The number of benzene rings is 2. The minimum atomic E-state index is -2.49. The minimum absolute atomic E-state index is 0. The van der Waals surface area contributed by atoms with Crippen molar-refractivity contribution in [3.05, 3.63) is 120 Å². The van der Waals surface area contributed by atoms with Crippen LogP contribution >= 0.6 is 23.4 Å². The van der Waals surface area contributed by atoms with Gasteiger partial charge in [0, 0.05) is 33.6 Å². The second-order valence-corrected chi connectivity index (χ2v) is 9.27. The molecule has 0 bridgehead atoms. The summed E-state index contributed by atoms with van der Waals surface area (Å²) >= 11 is 7.45. The predicted molar refractivity (Wildman–Crippen MR) is 166 cm³/mol. The van der Waals surface area contributed by atoms with Gasteiger partial charge in [0.1, 0.15) is 5.82 Å². The lowest BCUT2D eigenvalue weighted by molar-refractivity contribution is 0.195. The van der Waals surface area contributed by atoms with E-state index in [0.29, 0.717) is 5.56 Å². The van der Waals surface area contributed by atoms with Crippen molar-refractivity contribution in [2.24, 2.45) is 0 Å². The molecule has 0 N–H and O–H groups in total. The van der Waals surface area contributed by atoms with Crippen LogP contribution in [0.1, 0.15) is 52.8 Å². The first kappa shape index (κ1) is 36.7. The van der Waals surface area contributed by atoms with Crippen LogP contribution in [0.4, 0.5) is 13.2 Å². The molecule has 2 aromatic carbocycles. The Bertz CT molecular complexity index is 1270. The zero-order valence-electron chi connectivity index (χ0n) is 22.9. The molecule has 8 heteroatoms. The number of aryl methyl sites for hydroxylation is 1. The third-order valence-electron chi connectivity index (χ3n) is 4.56. The summed E-state index contributed by atoms with van der Waals surface area (Å²) in [6.07, 6.45) is 6.64. The Morgan fingerprint density at radius 3 is 2.15 bits per heavy atom. The minimum Gasteiger partial charge on any atom is -0.261 e. The summed E-state index contributed by atoms with van der Waals surface area (Å²) in [7, 11) is 0. The highest BCUT2D eigenvalue weighted by molar-refractivity contribution is 7.99. The molecule has 40 heavy (non-hydrogen) atoms. The third-order valence-corrected chi connectivity index (χ3v) is 5.76. The van der Waals surface area contributed by atoms with Gasteiger partial charge in [0.15, 0.2) is 0 Å². The average Bonchev–Trinajstić information content (AvgIpc) is 3.40. The van der Waals surface area contributed by atoms with E-state index in [9.17, 15) is 13.2 Å². The molecule has 2 aromatic heterocycles. The van der Waals surface area contributed by atoms with Crippen molar-refractivity contribution in [3.8, 4) is 5.69 Å². The summed E-state index contributed by atoms with van der Waals surface area (Å²) in [6, 6.07) is 17.3. The van der Waals surface area contributed by atoms with Crippen LogP contribution in [0.15, 0.2) is 107 Å². The molecule has 0 unspecified atom stereocenters. The molecule has 0 aliphatic carbocycles. The Balaban J connectivity index is 0.000000670. The molecular weight excluding hydrogens is 551 g/mol. The van der Waals surface area contributed by atoms with Crippen molar-refractivity contribution in [3.63, 3.8) is 0 Å². The maximum absolute atomic E-state index is 12.9. The predicted octanol–water partition coefficient (Wildman–Crippen LogP) is 11.1. The number of pyridine rings is 1. The van der Waals surface area contributed by atoms with Crippen molar-refractivity contribution in [2.45, 2.75) is 64.7 Å². The summed E-state index contributed by atoms with van der Waals surface area (Å²) in [5.41, 5.74) is 2.17. The van der Waals surface area contributed by atoms with Gasteiger partial charge in [0.05, 0.1) is 16.8 Å². The fraction of sp³-hybridized carbons (Fsp3) is 0.250. The monoisotopic (exact) mass is 589 g/mol. The van der Waals surface area contributed by atoms with E-state index in [2.05, 4.69) is 30.5 Å². The lowest BCUT2D eigenvalue weighted by Gasteiger charge is -2.02. The van der Waals surface area contributed by atoms with E-state index in [1.54, 1.807) is 60.0 Å². The zero-order valence-corrected chi connectivity index (χ0v) is 24.5. The van der Waals surface area contributed by atoms with Crippen molar-refractivity contribution >= 4 is 29.4 Å². The molecule has 2 heterocycles. The molecule has 0 fully saturated rings. The van der Waals surface area contributed by atoms with Crippen LogP contribution in [0.2, 0.25) is 5.02 Å². The van der Waals surface area contributed by atoms with E-state index in [-0.39, 0.29) is 18.8 Å². The number of hydrogen-bond acceptors (Lipinski definition) is 3. The second-order valence-electron chi connectivity index (χ2n) is 7.69. The van der Waals surface area contributed by atoms with E-state index in [0.717, 1.165) is 32.3 Å². The molecule has 0 saturated carbocycles. The molecule has 0 aliphatic rings. The first-order chi connectivity index (χ1) is 18.8. The highest BCUT2D eigenvalue weighted by Gasteiger charge is 2.07. The molecule has 0 saturated heterocycles. The van der Waals surface area contributed by atoms with Crippen molar-refractivity contribution in [1.29, 1.82) is 0 Å².